The lowest BCUT2D eigenvalue weighted by Crippen LogP contribution is -2.16. The molecular formula is C14H16FN3O. The van der Waals surface area contributed by atoms with E-state index in [9.17, 15) is 9.18 Å². The number of nitrogens with zero attached hydrogens (tertiary/aromatic N) is 2. The van der Waals surface area contributed by atoms with Crippen molar-refractivity contribution in [1.29, 1.82) is 0 Å². The Balaban J connectivity index is 2.02. The Labute approximate surface area is 111 Å². The van der Waals surface area contributed by atoms with Gasteiger partial charge >= 0.3 is 0 Å². The molecular weight excluding hydrogens is 245 g/mol. The van der Waals surface area contributed by atoms with Crippen LogP contribution < -0.4 is 5.73 Å². The van der Waals surface area contributed by atoms with Gasteiger partial charge in [0.1, 0.15) is 12.1 Å². The third-order valence-electron chi connectivity index (χ3n) is 2.95. The fourth-order valence-electron chi connectivity index (χ4n) is 1.94. The number of carbonyl (C=O) groups is 1. The van der Waals surface area contributed by atoms with Gasteiger partial charge in [0.2, 0.25) is 5.91 Å². The Morgan fingerprint density at radius 3 is 2.84 bits per heavy atom. The summed E-state index contributed by atoms with van der Waals surface area (Å²) >= 11 is 0. The summed E-state index contributed by atoms with van der Waals surface area (Å²) in [7, 11) is 0. The first-order chi connectivity index (χ1) is 9.22. The number of nitrogens with two attached hydrogens (primary N) is 1. The van der Waals surface area contributed by atoms with E-state index < -0.39 is 0 Å². The number of rotatable bonds is 5. The predicted molar refractivity (Wildman–Crippen MR) is 70.3 cm³/mol. The van der Waals surface area contributed by atoms with Gasteiger partial charge in [-0.2, -0.15) is 0 Å². The van der Waals surface area contributed by atoms with Crippen LogP contribution in [0.4, 0.5) is 4.39 Å². The molecule has 2 rings (SSSR count). The summed E-state index contributed by atoms with van der Waals surface area (Å²) in [5.74, 6) is -0.368. The molecule has 4 nitrogen and oxygen atoms in total. The second-order valence-corrected chi connectivity index (χ2v) is 4.28. The number of carbonyl (C=O) groups excluding carboxylic acids is 1. The molecule has 0 spiro atoms. The minimum Gasteiger partial charge on any atom is -0.330 e. The zero-order valence-electron chi connectivity index (χ0n) is 10.6. The molecule has 0 aliphatic carbocycles. The molecule has 19 heavy (non-hydrogen) atoms. The Morgan fingerprint density at radius 1 is 1.32 bits per heavy atom. The van der Waals surface area contributed by atoms with Crippen LogP contribution in [0.25, 0.3) is 0 Å². The Morgan fingerprint density at radius 2 is 2.11 bits per heavy atom. The summed E-state index contributed by atoms with van der Waals surface area (Å²) in [5.41, 5.74) is 6.82. The van der Waals surface area contributed by atoms with E-state index in [-0.39, 0.29) is 18.1 Å². The molecule has 0 fully saturated rings. The number of hydrogen-bond donors (Lipinski definition) is 1. The van der Waals surface area contributed by atoms with E-state index >= 15 is 0 Å². The van der Waals surface area contributed by atoms with E-state index in [0.717, 1.165) is 5.69 Å². The van der Waals surface area contributed by atoms with Crippen LogP contribution >= 0.6 is 0 Å². The van der Waals surface area contributed by atoms with Crippen LogP contribution in [0.2, 0.25) is 0 Å². The molecule has 0 aliphatic heterocycles. The molecule has 0 bridgehead atoms. The maximum absolute atomic E-state index is 13.4. The summed E-state index contributed by atoms with van der Waals surface area (Å²) in [5, 5.41) is 0. The van der Waals surface area contributed by atoms with Gasteiger partial charge in [0.05, 0.1) is 0 Å². The monoisotopic (exact) mass is 261 g/mol. The van der Waals surface area contributed by atoms with Crippen LogP contribution in [0.1, 0.15) is 22.5 Å². The lowest BCUT2D eigenvalue weighted by Gasteiger charge is -2.06. The molecule has 0 saturated heterocycles. The van der Waals surface area contributed by atoms with Crippen molar-refractivity contribution in [3.63, 3.8) is 0 Å². The van der Waals surface area contributed by atoms with Crippen LogP contribution in [-0.4, -0.2) is 22.0 Å². The summed E-state index contributed by atoms with van der Waals surface area (Å²) in [6, 6.07) is 6.49. The number of hydrogen-bond acceptors (Lipinski definition) is 3. The van der Waals surface area contributed by atoms with Crippen LogP contribution in [0.15, 0.2) is 36.8 Å². The normalized spacial score (nSPS) is 10.6. The third-order valence-corrected chi connectivity index (χ3v) is 2.95. The van der Waals surface area contributed by atoms with Gasteiger partial charge in [0.15, 0.2) is 0 Å². The van der Waals surface area contributed by atoms with E-state index in [4.69, 9.17) is 5.73 Å². The maximum atomic E-state index is 13.4. The van der Waals surface area contributed by atoms with Crippen molar-refractivity contribution >= 4 is 5.91 Å². The molecule has 0 atom stereocenters. The van der Waals surface area contributed by atoms with Gasteiger partial charge in [-0.3, -0.25) is 9.36 Å². The van der Waals surface area contributed by atoms with Crippen LogP contribution in [0.5, 0.6) is 0 Å². The van der Waals surface area contributed by atoms with Gasteiger partial charge < -0.3 is 5.73 Å². The molecule has 0 saturated carbocycles. The molecule has 1 aromatic carbocycles. The van der Waals surface area contributed by atoms with Crippen molar-refractivity contribution in [2.24, 2.45) is 5.73 Å². The molecule has 2 N–H and O–H groups in total. The largest absolute Gasteiger partial charge is 0.330 e. The fraction of sp³-hybridized carbons (Fsp3) is 0.286. The average molecular weight is 261 g/mol. The fourth-order valence-corrected chi connectivity index (χ4v) is 1.94. The minimum absolute atomic E-state index is 0.0933. The van der Waals surface area contributed by atoms with Crippen molar-refractivity contribution in [3.05, 3.63) is 53.9 Å². The average Bonchev–Trinajstić information content (AvgIpc) is 2.86. The molecule has 1 aromatic heterocycles. The van der Waals surface area contributed by atoms with Gasteiger partial charge in [0, 0.05) is 24.7 Å². The lowest BCUT2D eigenvalue weighted by molar-refractivity contribution is 0.0899. The van der Waals surface area contributed by atoms with Crippen molar-refractivity contribution < 1.29 is 9.18 Å². The molecule has 0 amide bonds. The highest BCUT2D eigenvalue weighted by molar-refractivity contribution is 5.79. The van der Waals surface area contributed by atoms with Crippen LogP contribution in [0.3, 0.4) is 0 Å². The van der Waals surface area contributed by atoms with Crippen LogP contribution in [-0.2, 0) is 12.8 Å². The number of benzene rings is 1. The minimum atomic E-state index is -0.275. The van der Waals surface area contributed by atoms with Crippen molar-refractivity contribution in [3.8, 4) is 0 Å². The Kier molecular flexibility index (Phi) is 4.41. The van der Waals surface area contributed by atoms with E-state index in [1.54, 1.807) is 24.4 Å². The smallest absolute Gasteiger partial charge is 0.232 e. The number of imidazole rings is 1. The lowest BCUT2D eigenvalue weighted by atomic mass is 10.1. The van der Waals surface area contributed by atoms with E-state index in [0.29, 0.717) is 24.9 Å². The van der Waals surface area contributed by atoms with Crippen molar-refractivity contribution in [1.82, 2.24) is 9.55 Å². The topological polar surface area (TPSA) is 60.9 Å². The summed E-state index contributed by atoms with van der Waals surface area (Å²) in [4.78, 5) is 16.0. The number of aryl methyl sites for hydroxylation is 1. The second kappa shape index (κ2) is 6.24. The zero-order valence-corrected chi connectivity index (χ0v) is 10.6. The second-order valence-electron chi connectivity index (χ2n) is 4.28. The Hall–Kier alpha value is -2.01. The zero-order chi connectivity index (χ0) is 13.7. The summed E-state index contributed by atoms with van der Waals surface area (Å²) in [6.07, 6.45) is 4.34. The highest BCUT2D eigenvalue weighted by atomic mass is 19.1. The molecule has 0 unspecified atom stereocenters. The van der Waals surface area contributed by atoms with E-state index in [2.05, 4.69) is 4.98 Å². The molecule has 0 aliphatic rings. The van der Waals surface area contributed by atoms with Gasteiger partial charge in [-0.05, 0) is 24.6 Å². The first kappa shape index (κ1) is 13.4. The molecule has 100 valence electrons. The molecule has 5 heteroatoms. The predicted octanol–water partition coefficient (Wildman–Crippen LogP) is 1.80. The number of aromatic nitrogens is 2. The van der Waals surface area contributed by atoms with E-state index in [1.807, 2.05) is 0 Å². The van der Waals surface area contributed by atoms with Gasteiger partial charge in [-0.15, -0.1) is 0 Å². The SMILES string of the molecule is NCCc1cncn1C(=O)CCc1ccccc1F. The quantitative estimate of drug-likeness (QED) is 0.892. The first-order valence-electron chi connectivity index (χ1n) is 6.20. The molecule has 2 aromatic rings. The standard InChI is InChI=1S/C14H16FN3O/c15-13-4-2-1-3-11(13)5-6-14(19)18-10-17-9-12(18)7-8-16/h1-4,9-10H,5-8,16H2. The van der Waals surface area contributed by atoms with Crippen molar-refractivity contribution in [2.75, 3.05) is 6.54 Å². The van der Waals surface area contributed by atoms with Gasteiger partial charge in [-0.1, -0.05) is 18.2 Å². The molecule has 0 radical (unpaired) electrons. The van der Waals surface area contributed by atoms with Gasteiger partial charge in [-0.25, -0.2) is 9.37 Å². The third kappa shape index (κ3) is 3.26. The highest BCUT2D eigenvalue weighted by Gasteiger charge is 2.11. The van der Waals surface area contributed by atoms with Gasteiger partial charge in [0.25, 0.3) is 0 Å². The molecule has 1 heterocycles. The summed E-state index contributed by atoms with van der Waals surface area (Å²) in [6.45, 7) is 0.465. The maximum Gasteiger partial charge on any atom is 0.232 e. The van der Waals surface area contributed by atoms with Crippen LogP contribution in [0, 0.1) is 5.82 Å². The first-order valence-corrected chi connectivity index (χ1v) is 6.20. The Bertz CT molecular complexity index is 565. The van der Waals surface area contributed by atoms with E-state index in [1.165, 1.54) is 17.0 Å². The number of halogens is 1. The highest BCUT2D eigenvalue weighted by Crippen LogP contribution is 2.10. The summed E-state index contributed by atoms with van der Waals surface area (Å²) < 4.78 is 14.9. The van der Waals surface area contributed by atoms with Crippen molar-refractivity contribution in [2.45, 2.75) is 19.3 Å².